The van der Waals surface area contributed by atoms with Crippen molar-refractivity contribution in [1.29, 1.82) is 10.8 Å². The monoisotopic (exact) mass is 340 g/mol. The predicted molar refractivity (Wildman–Crippen MR) is 102 cm³/mol. The van der Waals surface area contributed by atoms with E-state index in [1.807, 2.05) is 31.3 Å². The van der Waals surface area contributed by atoms with Crippen molar-refractivity contribution in [3.63, 3.8) is 0 Å². The molecule has 7 heteroatoms. The number of nitrogens with one attached hydrogen (secondary N) is 4. The topological polar surface area (TPSA) is 118 Å². The van der Waals surface area contributed by atoms with Gasteiger partial charge in [-0.2, -0.15) is 0 Å². The van der Waals surface area contributed by atoms with E-state index in [4.69, 9.17) is 16.6 Å². The van der Waals surface area contributed by atoms with Crippen LogP contribution in [0.25, 0.3) is 5.57 Å². The molecule has 1 heterocycles. The maximum atomic E-state index is 11.7. The highest BCUT2D eigenvalue weighted by molar-refractivity contribution is 6.10. The Morgan fingerprint density at radius 3 is 2.76 bits per heavy atom. The van der Waals surface area contributed by atoms with Gasteiger partial charge in [0.1, 0.15) is 5.84 Å². The Labute approximate surface area is 147 Å². The van der Waals surface area contributed by atoms with E-state index < -0.39 is 0 Å². The third kappa shape index (κ3) is 4.26. The minimum atomic E-state index is 0.00570. The molecule has 1 aliphatic rings. The molecule has 1 aromatic carbocycles. The first-order chi connectivity index (χ1) is 12.0. The van der Waals surface area contributed by atoms with Gasteiger partial charge in [-0.15, -0.1) is 0 Å². The number of amidine groups is 1. The van der Waals surface area contributed by atoms with Crippen LogP contribution < -0.4 is 16.4 Å². The summed E-state index contributed by atoms with van der Waals surface area (Å²) in [6.45, 7) is 2.60. The first-order valence-corrected chi connectivity index (χ1v) is 8.04. The van der Waals surface area contributed by atoms with Crippen LogP contribution in [-0.4, -0.2) is 43.0 Å². The molecule has 0 atom stereocenters. The van der Waals surface area contributed by atoms with Crippen LogP contribution in [0.3, 0.4) is 0 Å². The van der Waals surface area contributed by atoms with Crippen molar-refractivity contribution in [2.24, 2.45) is 5.73 Å². The highest BCUT2D eigenvalue weighted by atomic mass is 16.2. The van der Waals surface area contributed by atoms with Gasteiger partial charge >= 0.3 is 0 Å². The van der Waals surface area contributed by atoms with Crippen molar-refractivity contribution in [3.8, 4) is 0 Å². The zero-order valence-electron chi connectivity index (χ0n) is 14.5. The average molecular weight is 340 g/mol. The molecule has 0 spiro atoms. The summed E-state index contributed by atoms with van der Waals surface area (Å²) < 4.78 is 0. The molecule has 1 aliphatic heterocycles. The number of rotatable bonds is 5. The van der Waals surface area contributed by atoms with Crippen molar-refractivity contribution >= 4 is 29.2 Å². The Hall–Kier alpha value is -3.09. The van der Waals surface area contributed by atoms with E-state index in [1.54, 1.807) is 11.8 Å². The SMILES string of the molecule is CNC1=C(C(=N)Nc2cccc(/C(C=N)=C/N)c2)CN(C(C)=O)CC1. The van der Waals surface area contributed by atoms with Crippen LogP contribution in [0.1, 0.15) is 18.9 Å². The summed E-state index contributed by atoms with van der Waals surface area (Å²) in [5.41, 5.74) is 9.40. The quantitative estimate of drug-likeness (QED) is 0.414. The molecule has 6 N–H and O–H groups in total. The van der Waals surface area contributed by atoms with Gasteiger partial charge in [0.05, 0.1) is 6.54 Å². The summed E-state index contributed by atoms with van der Waals surface area (Å²) in [4.78, 5) is 13.4. The number of anilines is 1. The van der Waals surface area contributed by atoms with Gasteiger partial charge in [0, 0.05) is 61.9 Å². The maximum Gasteiger partial charge on any atom is 0.219 e. The van der Waals surface area contributed by atoms with Gasteiger partial charge in [0.25, 0.3) is 0 Å². The predicted octanol–water partition coefficient (Wildman–Crippen LogP) is 1.75. The van der Waals surface area contributed by atoms with Gasteiger partial charge in [0.2, 0.25) is 5.91 Å². The van der Waals surface area contributed by atoms with Gasteiger partial charge in [-0.3, -0.25) is 10.2 Å². The van der Waals surface area contributed by atoms with Crippen LogP contribution in [0.15, 0.2) is 41.7 Å². The smallest absolute Gasteiger partial charge is 0.219 e. The molecule has 1 amide bonds. The summed E-state index contributed by atoms with van der Waals surface area (Å²) in [6, 6.07) is 7.38. The summed E-state index contributed by atoms with van der Waals surface area (Å²) in [6.07, 6.45) is 3.27. The maximum absolute atomic E-state index is 11.7. The molecule has 7 nitrogen and oxygen atoms in total. The zero-order chi connectivity index (χ0) is 18.4. The van der Waals surface area contributed by atoms with Crippen LogP contribution in [0.4, 0.5) is 5.69 Å². The molecule has 2 rings (SSSR count). The van der Waals surface area contributed by atoms with Crippen molar-refractivity contribution in [2.45, 2.75) is 13.3 Å². The molecule has 0 unspecified atom stereocenters. The van der Waals surface area contributed by atoms with Crippen LogP contribution in [-0.2, 0) is 4.79 Å². The van der Waals surface area contributed by atoms with Crippen LogP contribution >= 0.6 is 0 Å². The number of hydrogen-bond donors (Lipinski definition) is 5. The van der Waals surface area contributed by atoms with Crippen molar-refractivity contribution in [2.75, 3.05) is 25.5 Å². The Balaban J connectivity index is 2.23. The summed E-state index contributed by atoms with van der Waals surface area (Å²) in [7, 11) is 1.83. The van der Waals surface area contributed by atoms with Gasteiger partial charge < -0.3 is 26.7 Å². The first-order valence-electron chi connectivity index (χ1n) is 8.04. The first kappa shape index (κ1) is 18.3. The van der Waals surface area contributed by atoms with E-state index in [1.165, 1.54) is 12.4 Å². The lowest BCUT2D eigenvalue weighted by atomic mass is 10.0. The minimum Gasteiger partial charge on any atom is -0.404 e. The van der Waals surface area contributed by atoms with E-state index in [2.05, 4.69) is 10.6 Å². The number of allylic oxidation sites excluding steroid dienone is 1. The Bertz CT molecular complexity index is 750. The van der Waals surface area contributed by atoms with Crippen LogP contribution in [0.2, 0.25) is 0 Å². The Morgan fingerprint density at radius 1 is 1.40 bits per heavy atom. The fraction of sp³-hybridized carbons (Fsp3) is 0.278. The number of amides is 1. The van der Waals surface area contributed by atoms with E-state index in [9.17, 15) is 4.79 Å². The Morgan fingerprint density at radius 2 is 2.16 bits per heavy atom. The molecule has 0 saturated carbocycles. The van der Waals surface area contributed by atoms with Crippen LogP contribution in [0, 0.1) is 10.8 Å². The third-order valence-electron chi connectivity index (χ3n) is 4.19. The fourth-order valence-corrected chi connectivity index (χ4v) is 2.76. The molecular formula is C18H24N6O. The molecule has 0 radical (unpaired) electrons. The molecule has 25 heavy (non-hydrogen) atoms. The van der Waals surface area contributed by atoms with E-state index >= 15 is 0 Å². The number of nitrogens with zero attached hydrogens (tertiary/aromatic N) is 1. The number of nitrogens with two attached hydrogens (primary N) is 1. The molecule has 0 fully saturated rings. The molecule has 0 aliphatic carbocycles. The number of carbonyl (C=O) groups excluding carboxylic acids is 1. The number of hydrogen-bond acceptors (Lipinski definition) is 5. The minimum absolute atomic E-state index is 0.00570. The van der Waals surface area contributed by atoms with E-state index in [0.29, 0.717) is 25.1 Å². The fourth-order valence-electron chi connectivity index (χ4n) is 2.76. The molecule has 0 bridgehead atoms. The largest absolute Gasteiger partial charge is 0.404 e. The second-order valence-corrected chi connectivity index (χ2v) is 5.74. The molecule has 0 aromatic heterocycles. The second-order valence-electron chi connectivity index (χ2n) is 5.74. The molecule has 132 valence electrons. The highest BCUT2D eigenvalue weighted by Crippen LogP contribution is 2.20. The lowest BCUT2D eigenvalue weighted by Crippen LogP contribution is -2.40. The third-order valence-corrected chi connectivity index (χ3v) is 4.19. The van der Waals surface area contributed by atoms with Gasteiger partial charge in [0.15, 0.2) is 0 Å². The van der Waals surface area contributed by atoms with E-state index in [0.717, 1.165) is 22.5 Å². The van der Waals surface area contributed by atoms with Gasteiger partial charge in [-0.25, -0.2) is 0 Å². The Kier molecular flexibility index (Phi) is 5.94. The van der Waals surface area contributed by atoms with Crippen molar-refractivity contribution < 1.29 is 4.79 Å². The standard InChI is InChI=1S/C18H24N6O/c1-12(25)24-7-6-17(22-2)16(11-24)18(21)23-15-5-3-4-13(8-15)14(9-19)10-20/h3-5,8-10,19,22H,6-7,11,20H2,1-2H3,(H2,21,23)/b14-10+,19-9?. The summed E-state index contributed by atoms with van der Waals surface area (Å²) >= 11 is 0. The molecule has 1 aromatic rings. The normalized spacial score (nSPS) is 15.0. The molecule has 0 saturated heterocycles. The van der Waals surface area contributed by atoms with E-state index in [-0.39, 0.29) is 11.7 Å². The lowest BCUT2D eigenvalue weighted by molar-refractivity contribution is -0.128. The lowest BCUT2D eigenvalue weighted by Gasteiger charge is -2.30. The van der Waals surface area contributed by atoms with Crippen molar-refractivity contribution in [3.05, 3.63) is 47.3 Å². The number of benzene rings is 1. The number of carbonyl (C=O) groups is 1. The average Bonchev–Trinajstić information content (AvgIpc) is 2.62. The van der Waals surface area contributed by atoms with Crippen LogP contribution in [0.5, 0.6) is 0 Å². The summed E-state index contributed by atoms with van der Waals surface area (Å²) in [5, 5.41) is 22.0. The highest BCUT2D eigenvalue weighted by Gasteiger charge is 2.23. The summed E-state index contributed by atoms with van der Waals surface area (Å²) in [5.74, 6) is 0.256. The second kappa shape index (κ2) is 8.14. The van der Waals surface area contributed by atoms with Crippen molar-refractivity contribution in [1.82, 2.24) is 10.2 Å². The molecular weight excluding hydrogens is 316 g/mol. The zero-order valence-corrected chi connectivity index (χ0v) is 14.5. The van der Waals surface area contributed by atoms with Gasteiger partial charge in [-0.05, 0) is 17.7 Å². The van der Waals surface area contributed by atoms with Gasteiger partial charge in [-0.1, -0.05) is 12.1 Å².